The van der Waals surface area contributed by atoms with Gasteiger partial charge in [0.2, 0.25) is 0 Å². The number of ether oxygens (including phenoxy) is 1. The second-order valence-electron chi connectivity index (χ2n) is 4.98. The molecule has 6 heteroatoms. The number of nitrogens with one attached hydrogen (secondary N) is 2. The first-order valence-electron chi connectivity index (χ1n) is 7.83. The van der Waals surface area contributed by atoms with Crippen molar-refractivity contribution in [3.8, 4) is 5.75 Å². The Kier molecular flexibility index (Phi) is 6.35. The third-order valence-corrected chi connectivity index (χ3v) is 3.14. The van der Waals surface area contributed by atoms with Gasteiger partial charge in [-0.05, 0) is 37.6 Å². The third kappa shape index (κ3) is 5.25. The van der Waals surface area contributed by atoms with Gasteiger partial charge < -0.3 is 15.4 Å². The molecule has 0 fully saturated rings. The highest BCUT2D eigenvalue weighted by Gasteiger charge is 2.08. The molecule has 0 saturated carbocycles. The topological polar surface area (TPSA) is 76.1 Å². The smallest absolute Gasteiger partial charge is 0.275 e. The lowest BCUT2D eigenvalue weighted by molar-refractivity contribution is 0.102. The molecule has 0 bridgehead atoms. The summed E-state index contributed by atoms with van der Waals surface area (Å²) in [5, 5.41) is 5.94. The zero-order chi connectivity index (χ0) is 16.5. The summed E-state index contributed by atoms with van der Waals surface area (Å²) in [7, 11) is 0. The summed E-state index contributed by atoms with van der Waals surface area (Å²) in [6, 6.07) is 7.20. The molecule has 0 aliphatic heterocycles. The highest BCUT2D eigenvalue weighted by atomic mass is 16.5. The van der Waals surface area contributed by atoms with Crippen molar-refractivity contribution in [1.82, 2.24) is 9.97 Å². The van der Waals surface area contributed by atoms with Crippen molar-refractivity contribution in [3.63, 3.8) is 0 Å². The van der Waals surface area contributed by atoms with Crippen molar-refractivity contribution in [1.29, 1.82) is 0 Å². The molecule has 0 radical (unpaired) electrons. The number of amides is 1. The van der Waals surface area contributed by atoms with Gasteiger partial charge in [-0.3, -0.25) is 4.79 Å². The van der Waals surface area contributed by atoms with Gasteiger partial charge in [0.05, 0.1) is 19.0 Å². The van der Waals surface area contributed by atoms with Crippen LogP contribution in [0.5, 0.6) is 5.75 Å². The summed E-state index contributed by atoms with van der Waals surface area (Å²) in [6.07, 6.45) is 5.23. The number of aromatic nitrogens is 2. The first kappa shape index (κ1) is 16.7. The van der Waals surface area contributed by atoms with Crippen LogP contribution in [0.2, 0.25) is 0 Å². The van der Waals surface area contributed by atoms with E-state index < -0.39 is 0 Å². The molecule has 122 valence electrons. The van der Waals surface area contributed by atoms with Gasteiger partial charge >= 0.3 is 0 Å². The van der Waals surface area contributed by atoms with Crippen LogP contribution in [0.1, 0.15) is 37.2 Å². The third-order valence-electron chi connectivity index (χ3n) is 3.14. The lowest BCUT2D eigenvalue weighted by atomic mass is 10.3. The van der Waals surface area contributed by atoms with E-state index in [1.165, 1.54) is 6.20 Å². The molecule has 0 unspecified atom stereocenters. The summed E-state index contributed by atoms with van der Waals surface area (Å²) in [6.45, 7) is 5.51. The van der Waals surface area contributed by atoms with Crippen LogP contribution in [0, 0.1) is 0 Å². The van der Waals surface area contributed by atoms with Crippen molar-refractivity contribution in [2.45, 2.75) is 26.7 Å². The minimum absolute atomic E-state index is 0.278. The second-order valence-corrected chi connectivity index (χ2v) is 4.98. The minimum Gasteiger partial charge on any atom is -0.494 e. The van der Waals surface area contributed by atoms with E-state index >= 15 is 0 Å². The molecule has 2 rings (SSSR count). The molecule has 1 aromatic heterocycles. The van der Waals surface area contributed by atoms with Gasteiger partial charge in [0.15, 0.2) is 0 Å². The van der Waals surface area contributed by atoms with Gasteiger partial charge in [0, 0.05) is 12.2 Å². The molecule has 0 aliphatic carbocycles. The molecule has 1 amide bonds. The van der Waals surface area contributed by atoms with Gasteiger partial charge in [-0.15, -0.1) is 0 Å². The molecule has 1 heterocycles. The van der Waals surface area contributed by atoms with E-state index in [-0.39, 0.29) is 11.6 Å². The molecular weight excluding hydrogens is 292 g/mol. The Morgan fingerprint density at radius 3 is 2.52 bits per heavy atom. The molecule has 0 aliphatic rings. The molecule has 0 atom stereocenters. The van der Waals surface area contributed by atoms with Crippen LogP contribution in [0.3, 0.4) is 0 Å². The molecule has 1 aromatic carbocycles. The average molecular weight is 314 g/mol. The number of rotatable bonds is 8. The van der Waals surface area contributed by atoms with E-state index in [1.54, 1.807) is 18.3 Å². The Morgan fingerprint density at radius 1 is 1.13 bits per heavy atom. The summed E-state index contributed by atoms with van der Waals surface area (Å²) >= 11 is 0. The number of hydrogen-bond donors (Lipinski definition) is 2. The minimum atomic E-state index is -0.290. The summed E-state index contributed by atoms with van der Waals surface area (Å²) in [5.74, 6) is 1.16. The Balaban J connectivity index is 1.92. The Labute approximate surface area is 136 Å². The maximum absolute atomic E-state index is 12.1. The Bertz CT molecular complexity index is 611. The van der Waals surface area contributed by atoms with Crippen LogP contribution in [0.15, 0.2) is 36.7 Å². The SMILES string of the molecule is CCCCNc1cnc(C(=O)Nc2ccc(OCC)cc2)cn1. The molecule has 23 heavy (non-hydrogen) atoms. The highest BCUT2D eigenvalue weighted by Crippen LogP contribution is 2.16. The number of nitrogens with zero attached hydrogens (tertiary/aromatic N) is 2. The number of unbranched alkanes of at least 4 members (excludes halogenated alkanes) is 1. The number of carbonyl (C=O) groups is 1. The molecule has 0 spiro atoms. The van der Waals surface area contributed by atoms with Crippen molar-refractivity contribution < 1.29 is 9.53 Å². The highest BCUT2D eigenvalue weighted by molar-refractivity contribution is 6.02. The normalized spacial score (nSPS) is 10.2. The van der Waals surface area contributed by atoms with Crippen LogP contribution in [-0.4, -0.2) is 29.0 Å². The first-order valence-corrected chi connectivity index (χ1v) is 7.83. The monoisotopic (exact) mass is 314 g/mol. The fraction of sp³-hybridized carbons (Fsp3) is 0.353. The van der Waals surface area contributed by atoms with Gasteiger partial charge in [0.25, 0.3) is 5.91 Å². The van der Waals surface area contributed by atoms with Crippen LogP contribution in [-0.2, 0) is 0 Å². The predicted molar refractivity (Wildman–Crippen MR) is 91.0 cm³/mol. The summed E-state index contributed by atoms with van der Waals surface area (Å²) in [5.41, 5.74) is 0.963. The largest absolute Gasteiger partial charge is 0.494 e. The van der Waals surface area contributed by atoms with Crippen LogP contribution < -0.4 is 15.4 Å². The molecular formula is C17H22N4O2. The number of anilines is 2. The van der Waals surface area contributed by atoms with E-state index in [2.05, 4.69) is 27.5 Å². The number of benzene rings is 1. The lowest BCUT2D eigenvalue weighted by Crippen LogP contribution is -2.14. The molecule has 6 nitrogen and oxygen atoms in total. The van der Waals surface area contributed by atoms with E-state index in [9.17, 15) is 4.79 Å². The molecule has 2 aromatic rings. The number of hydrogen-bond acceptors (Lipinski definition) is 5. The van der Waals surface area contributed by atoms with Crippen molar-refractivity contribution in [3.05, 3.63) is 42.4 Å². The van der Waals surface area contributed by atoms with Gasteiger partial charge in [-0.2, -0.15) is 0 Å². The Morgan fingerprint density at radius 2 is 1.91 bits per heavy atom. The van der Waals surface area contributed by atoms with Gasteiger partial charge in [0.1, 0.15) is 17.3 Å². The van der Waals surface area contributed by atoms with E-state index in [1.807, 2.05) is 19.1 Å². The van der Waals surface area contributed by atoms with E-state index in [0.717, 1.165) is 25.1 Å². The quantitative estimate of drug-likeness (QED) is 0.731. The zero-order valence-corrected chi connectivity index (χ0v) is 13.5. The maximum Gasteiger partial charge on any atom is 0.275 e. The van der Waals surface area contributed by atoms with Crippen LogP contribution >= 0.6 is 0 Å². The summed E-state index contributed by atoms with van der Waals surface area (Å²) in [4.78, 5) is 20.5. The first-order chi connectivity index (χ1) is 11.2. The maximum atomic E-state index is 12.1. The second kappa shape index (κ2) is 8.73. The average Bonchev–Trinajstić information content (AvgIpc) is 2.58. The van der Waals surface area contributed by atoms with Crippen LogP contribution in [0.25, 0.3) is 0 Å². The van der Waals surface area contributed by atoms with E-state index in [4.69, 9.17) is 4.74 Å². The lowest BCUT2D eigenvalue weighted by Gasteiger charge is -2.07. The van der Waals surface area contributed by atoms with Crippen molar-refractivity contribution in [2.24, 2.45) is 0 Å². The predicted octanol–water partition coefficient (Wildman–Crippen LogP) is 3.34. The molecule has 0 saturated heterocycles. The Hall–Kier alpha value is -2.63. The van der Waals surface area contributed by atoms with E-state index in [0.29, 0.717) is 18.1 Å². The number of carbonyl (C=O) groups excluding carboxylic acids is 1. The van der Waals surface area contributed by atoms with Crippen molar-refractivity contribution in [2.75, 3.05) is 23.8 Å². The van der Waals surface area contributed by atoms with Crippen molar-refractivity contribution >= 4 is 17.4 Å². The fourth-order valence-electron chi connectivity index (χ4n) is 1.93. The van der Waals surface area contributed by atoms with Gasteiger partial charge in [-0.25, -0.2) is 9.97 Å². The molecule has 2 N–H and O–H groups in total. The summed E-state index contributed by atoms with van der Waals surface area (Å²) < 4.78 is 5.36. The van der Waals surface area contributed by atoms with Crippen LogP contribution in [0.4, 0.5) is 11.5 Å². The fourth-order valence-corrected chi connectivity index (χ4v) is 1.93. The zero-order valence-electron chi connectivity index (χ0n) is 13.5. The van der Waals surface area contributed by atoms with Gasteiger partial charge in [-0.1, -0.05) is 13.3 Å². The standard InChI is InChI=1S/C17H22N4O2/c1-3-5-10-18-16-12-19-15(11-20-16)17(22)21-13-6-8-14(9-7-13)23-4-2/h6-9,11-12H,3-5,10H2,1-2H3,(H,18,20)(H,21,22).